The zero-order chi connectivity index (χ0) is 28.1. The summed E-state index contributed by atoms with van der Waals surface area (Å²) in [5.41, 5.74) is 6.06. The van der Waals surface area contributed by atoms with Gasteiger partial charge in [0.05, 0.1) is 0 Å². The molecule has 41 heavy (non-hydrogen) atoms. The second-order valence-corrected chi connectivity index (χ2v) is 16.3. The van der Waals surface area contributed by atoms with Gasteiger partial charge in [-0.05, 0) is 24.7 Å². The van der Waals surface area contributed by atoms with Gasteiger partial charge in [-0.3, -0.25) is 6.08 Å². The number of hydrogen-bond acceptors (Lipinski definition) is 0. The summed E-state index contributed by atoms with van der Waals surface area (Å²) in [6.07, 6.45) is 17.9. The first kappa shape index (κ1) is 34.6. The molecular formula is C38H48Cl2Zr-2. The van der Waals surface area contributed by atoms with Crippen LogP contribution in [0.2, 0.25) is 0 Å². The van der Waals surface area contributed by atoms with Crippen molar-refractivity contribution in [2.45, 2.75) is 105 Å². The number of rotatable bonds is 0. The van der Waals surface area contributed by atoms with Gasteiger partial charge in [-0.1, -0.05) is 75.9 Å². The number of hydrogen-bond donors (Lipinski definition) is 0. The van der Waals surface area contributed by atoms with Gasteiger partial charge in [-0.15, -0.1) is 46.2 Å². The van der Waals surface area contributed by atoms with Crippen molar-refractivity contribution >= 4 is 24.8 Å². The molecule has 3 aromatic rings. The van der Waals surface area contributed by atoms with Gasteiger partial charge >= 0.3 is 83.2 Å². The van der Waals surface area contributed by atoms with Gasteiger partial charge < -0.3 is 24.8 Å². The van der Waals surface area contributed by atoms with Crippen molar-refractivity contribution in [3.8, 4) is 0 Å². The molecule has 0 heterocycles. The molecule has 220 valence electrons. The normalized spacial score (nSPS) is 24.0. The zero-order valence-electron chi connectivity index (χ0n) is 26.4. The Morgan fingerprint density at radius 1 is 0.707 bits per heavy atom. The van der Waals surface area contributed by atoms with Crippen molar-refractivity contribution in [1.29, 1.82) is 0 Å². The van der Waals surface area contributed by atoms with Crippen LogP contribution in [0.5, 0.6) is 0 Å². The topological polar surface area (TPSA) is 0 Å². The Kier molecular flexibility index (Phi) is 11.3. The minimum absolute atomic E-state index is 0. The van der Waals surface area contributed by atoms with Crippen molar-refractivity contribution in [3.63, 3.8) is 0 Å². The third-order valence-corrected chi connectivity index (χ3v) is 11.6. The standard InChI is InChI=1S/C23H29.C10H14.C5H5.2ClH.Zr/c1-14-9-16-11-17-10-15(2)21(23(6,7)8)13-19(17)18(16)12-20(14)22(3,4)5;1-7-2-9-4-8(1)5-10(3-7)6-9;1-2-4-5-3-1;;;/h9-13H,1-8H3;7-10H,1-5H2;1-3H,4H2;2*1H;/q-1;;-1;;;+2/p-2. The minimum atomic E-state index is 0. The molecule has 8 rings (SSSR count). The van der Waals surface area contributed by atoms with Gasteiger partial charge in [0.15, 0.2) is 0 Å². The SMILES string of the molecule is Cc1cc2[cH-]c3cc(C)c(C(C)(C)C)cc3c2cc1C(C)(C)C.[C-]1=CC=CC1.[Cl-].[Cl-].[Zr+2]=[C]1C2CC3CC(C2)CC1C3. The fourth-order valence-corrected chi connectivity index (χ4v) is 9.14. The summed E-state index contributed by atoms with van der Waals surface area (Å²) in [5, 5.41) is 5.55. The van der Waals surface area contributed by atoms with Gasteiger partial charge in [-0.25, -0.2) is 12.2 Å². The Morgan fingerprint density at radius 3 is 1.46 bits per heavy atom. The van der Waals surface area contributed by atoms with Crippen LogP contribution in [-0.2, 0) is 35.1 Å². The predicted molar refractivity (Wildman–Crippen MR) is 168 cm³/mol. The maximum absolute atomic E-state index is 2.99. The molecule has 0 aromatic heterocycles. The van der Waals surface area contributed by atoms with E-state index in [4.69, 9.17) is 0 Å². The second-order valence-electron chi connectivity index (χ2n) is 14.9. The molecule has 4 saturated carbocycles. The molecule has 0 unspecified atom stereocenters. The molecule has 3 heteroatoms. The first-order valence-corrected chi connectivity index (χ1v) is 16.5. The molecule has 0 amide bonds. The van der Waals surface area contributed by atoms with Gasteiger partial charge in [-0.2, -0.15) is 6.08 Å². The molecule has 0 spiro atoms. The number of benzene rings is 2. The Hall–Kier alpha value is -0.877. The number of halogens is 2. The molecule has 4 bridgehead atoms. The van der Waals surface area contributed by atoms with E-state index in [2.05, 4.69) is 97.9 Å². The third-order valence-electron chi connectivity index (χ3n) is 9.61. The summed E-state index contributed by atoms with van der Waals surface area (Å²) in [4.78, 5) is 0. The molecule has 0 aliphatic heterocycles. The number of aryl methyl sites for hydroxylation is 2. The van der Waals surface area contributed by atoms with Crippen molar-refractivity contribution in [2.75, 3.05) is 0 Å². The van der Waals surface area contributed by atoms with E-state index in [1.54, 1.807) is 56.3 Å². The van der Waals surface area contributed by atoms with Crippen LogP contribution in [-0.4, -0.2) is 3.21 Å². The van der Waals surface area contributed by atoms with Crippen LogP contribution >= 0.6 is 0 Å². The third kappa shape index (κ3) is 7.62. The Balaban J connectivity index is 0.000000211. The Morgan fingerprint density at radius 2 is 1.15 bits per heavy atom. The number of allylic oxidation sites excluding steroid dienone is 4. The van der Waals surface area contributed by atoms with E-state index in [0.29, 0.717) is 0 Å². The van der Waals surface area contributed by atoms with Crippen LogP contribution < -0.4 is 24.8 Å². The Labute approximate surface area is 277 Å². The van der Waals surface area contributed by atoms with Crippen LogP contribution in [0.1, 0.15) is 102 Å². The molecule has 4 fully saturated rings. The van der Waals surface area contributed by atoms with Gasteiger partial charge in [0.1, 0.15) is 0 Å². The monoisotopic (exact) mass is 664 g/mol. The summed E-state index contributed by atoms with van der Waals surface area (Å²) >= 11 is 1.76. The van der Waals surface area contributed by atoms with E-state index in [1.807, 2.05) is 15.4 Å². The predicted octanol–water partition coefficient (Wildman–Crippen LogP) is 4.40. The molecule has 5 aliphatic rings. The van der Waals surface area contributed by atoms with Gasteiger partial charge in [0.25, 0.3) is 0 Å². The van der Waals surface area contributed by atoms with Crippen LogP contribution in [0.25, 0.3) is 21.5 Å². The fraction of sp³-hybridized carbons (Fsp3) is 0.526. The maximum atomic E-state index is 2.99. The summed E-state index contributed by atoms with van der Waals surface area (Å²) in [7, 11) is 0. The number of fused-ring (bicyclic) bond motifs is 3. The quantitative estimate of drug-likeness (QED) is 0.313. The Bertz CT molecular complexity index is 1320. The summed E-state index contributed by atoms with van der Waals surface area (Å²) in [5.74, 6) is 4.51. The van der Waals surface area contributed by atoms with E-state index in [-0.39, 0.29) is 35.6 Å². The molecular weight excluding hydrogens is 619 g/mol. The summed E-state index contributed by atoms with van der Waals surface area (Å²) in [6.45, 7) is 18.3. The van der Waals surface area contributed by atoms with E-state index < -0.39 is 0 Å². The van der Waals surface area contributed by atoms with Crippen LogP contribution in [0.3, 0.4) is 0 Å². The van der Waals surface area contributed by atoms with Crippen LogP contribution in [0, 0.1) is 43.6 Å². The second kappa shape index (κ2) is 13.4. The summed E-state index contributed by atoms with van der Waals surface area (Å²) in [6, 6.07) is 11.9. The van der Waals surface area contributed by atoms with Crippen molar-refractivity contribution in [1.82, 2.24) is 0 Å². The molecule has 5 aliphatic carbocycles. The fourth-order valence-electron chi connectivity index (χ4n) is 7.98. The first-order chi connectivity index (χ1) is 18.3. The molecule has 0 saturated heterocycles. The molecule has 0 nitrogen and oxygen atoms in total. The zero-order valence-corrected chi connectivity index (χ0v) is 30.4. The molecule has 0 N–H and O–H groups in total. The van der Waals surface area contributed by atoms with Crippen LogP contribution in [0.15, 0.2) is 48.6 Å². The van der Waals surface area contributed by atoms with Gasteiger partial charge in [0.2, 0.25) is 0 Å². The van der Waals surface area contributed by atoms with Crippen molar-refractivity contribution < 1.29 is 49.0 Å². The van der Waals surface area contributed by atoms with E-state index in [1.165, 1.54) is 43.8 Å². The average Bonchev–Trinajstić information content (AvgIpc) is 3.51. The van der Waals surface area contributed by atoms with Crippen molar-refractivity contribution in [2.24, 2.45) is 23.7 Å². The van der Waals surface area contributed by atoms with E-state index >= 15 is 0 Å². The molecule has 0 radical (unpaired) electrons. The van der Waals surface area contributed by atoms with Crippen LogP contribution in [0.4, 0.5) is 0 Å². The molecule has 0 atom stereocenters. The average molecular weight is 667 g/mol. The van der Waals surface area contributed by atoms with Crippen molar-refractivity contribution in [3.05, 3.63) is 76.9 Å². The van der Waals surface area contributed by atoms with E-state index in [9.17, 15) is 0 Å². The van der Waals surface area contributed by atoms with Gasteiger partial charge in [0, 0.05) is 0 Å². The molecule has 3 aromatic carbocycles. The first-order valence-electron chi connectivity index (χ1n) is 15.3. The van der Waals surface area contributed by atoms with E-state index in [0.717, 1.165) is 30.1 Å². The summed E-state index contributed by atoms with van der Waals surface area (Å²) < 4.78 is 1.96.